The predicted molar refractivity (Wildman–Crippen MR) is 78.5 cm³/mol. The average molecular weight is 379 g/mol. The van der Waals surface area contributed by atoms with E-state index in [4.69, 9.17) is 4.74 Å². The Labute approximate surface area is 140 Å². The van der Waals surface area contributed by atoms with E-state index in [1.54, 1.807) is 6.92 Å². The van der Waals surface area contributed by atoms with Gasteiger partial charge in [-0.25, -0.2) is 4.79 Å². The van der Waals surface area contributed by atoms with E-state index in [2.05, 4.69) is 19.7 Å². The van der Waals surface area contributed by atoms with Gasteiger partial charge in [0.25, 0.3) is 10.0 Å². The van der Waals surface area contributed by atoms with Crippen molar-refractivity contribution >= 4 is 21.7 Å². The maximum absolute atomic E-state index is 12.3. The molecule has 0 unspecified atom stereocenters. The number of rotatable bonds is 6. The highest BCUT2D eigenvalue weighted by Crippen LogP contribution is 2.25. The number of carbonyl (C=O) groups excluding carboxylic acids is 1. The summed E-state index contributed by atoms with van der Waals surface area (Å²) in [7, 11) is -4.24. The van der Waals surface area contributed by atoms with Crippen LogP contribution < -0.4 is 9.46 Å². The van der Waals surface area contributed by atoms with E-state index < -0.39 is 33.1 Å². The van der Waals surface area contributed by atoms with Crippen molar-refractivity contribution in [2.75, 3.05) is 11.3 Å². The van der Waals surface area contributed by atoms with Crippen LogP contribution in [-0.2, 0) is 14.8 Å². The first-order chi connectivity index (χ1) is 11.6. The molecule has 0 aliphatic carbocycles. The summed E-state index contributed by atoms with van der Waals surface area (Å²) >= 11 is 0. The van der Waals surface area contributed by atoms with Gasteiger partial charge in [0.1, 0.15) is 11.3 Å². The van der Waals surface area contributed by atoms with Crippen molar-refractivity contribution < 1.29 is 35.9 Å². The Morgan fingerprint density at radius 3 is 2.48 bits per heavy atom. The molecule has 0 atom stereocenters. The number of aromatic amines is 1. The molecule has 0 saturated carbocycles. The van der Waals surface area contributed by atoms with E-state index in [1.165, 1.54) is 0 Å². The maximum Gasteiger partial charge on any atom is 0.573 e. The summed E-state index contributed by atoms with van der Waals surface area (Å²) < 4.78 is 71.4. The quantitative estimate of drug-likeness (QED) is 0.745. The summed E-state index contributed by atoms with van der Waals surface area (Å²) in [5.41, 5.74) is -0.342. The smallest absolute Gasteiger partial charge is 0.462 e. The SMILES string of the molecule is CCOC(=O)c1cn[nH]c1S(=O)(=O)Nc1ccc(OC(F)(F)F)cc1. The monoisotopic (exact) mass is 379 g/mol. The highest BCUT2D eigenvalue weighted by molar-refractivity contribution is 7.92. The van der Waals surface area contributed by atoms with Gasteiger partial charge in [-0.05, 0) is 31.2 Å². The van der Waals surface area contributed by atoms with Gasteiger partial charge >= 0.3 is 12.3 Å². The molecule has 2 N–H and O–H groups in total. The summed E-state index contributed by atoms with van der Waals surface area (Å²) in [5, 5.41) is 5.14. The van der Waals surface area contributed by atoms with E-state index in [1.807, 2.05) is 0 Å². The molecule has 0 bridgehead atoms. The lowest BCUT2D eigenvalue weighted by Crippen LogP contribution is -2.18. The summed E-state index contributed by atoms with van der Waals surface area (Å²) in [6.45, 7) is 1.59. The number of benzene rings is 1. The number of esters is 1. The van der Waals surface area contributed by atoms with Crippen LogP contribution >= 0.6 is 0 Å². The molecule has 0 amide bonds. The Bertz CT molecular complexity index is 847. The predicted octanol–water partition coefficient (Wildman–Crippen LogP) is 2.29. The zero-order valence-electron chi connectivity index (χ0n) is 12.6. The van der Waals surface area contributed by atoms with Gasteiger partial charge in [-0.15, -0.1) is 13.2 Å². The van der Waals surface area contributed by atoms with Crippen LogP contribution in [0.25, 0.3) is 0 Å². The van der Waals surface area contributed by atoms with Crippen molar-refractivity contribution in [3.63, 3.8) is 0 Å². The normalized spacial score (nSPS) is 11.8. The lowest BCUT2D eigenvalue weighted by atomic mass is 10.3. The van der Waals surface area contributed by atoms with Crippen LogP contribution in [0.4, 0.5) is 18.9 Å². The number of H-pyrrole nitrogens is 1. The maximum atomic E-state index is 12.3. The molecular formula is C13H12F3N3O5S. The van der Waals surface area contributed by atoms with Crippen molar-refractivity contribution in [1.29, 1.82) is 0 Å². The van der Waals surface area contributed by atoms with E-state index >= 15 is 0 Å². The molecule has 0 spiro atoms. The standard InChI is InChI=1S/C13H12F3N3O5S/c1-2-23-12(20)10-7-17-18-11(10)25(21,22)19-8-3-5-9(6-4-8)24-13(14,15)16/h3-7,19H,2H2,1H3,(H,17,18). The number of aromatic nitrogens is 2. The zero-order valence-corrected chi connectivity index (χ0v) is 13.4. The van der Waals surface area contributed by atoms with Crippen LogP contribution in [0, 0.1) is 0 Å². The number of nitrogens with one attached hydrogen (secondary N) is 2. The number of ether oxygens (including phenoxy) is 2. The first-order valence-corrected chi connectivity index (χ1v) is 8.20. The number of hydrogen-bond donors (Lipinski definition) is 2. The second kappa shape index (κ2) is 7.01. The van der Waals surface area contributed by atoms with Crippen molar-refractivity contribution in [3.05, 3.63) is 36.0 Å². The number of halogens is 3. The van der Waals surface area contributed by atoms with Gasteiger partial charge in [0.2, 0.25) is 0 Å². The van der Waals surface area contributed by atoms with E-state index in [-0.39, 0.29) is 17.9 Å². The second-order valence-corrected chi connectivity index (χ2v) is 6.13. The van der Waals surface area contributed by atoms with Gasteiger partial charge in [0.05, 0.1) is 12.8 Å². The van der Waals surface area contributed by atoms with E-state index in [0.29, 0.717) is 0 Å². The Morgan fingerprint density at radius 1 is 1.28 bits per heavy atom. The molecule has 1 aromatic carbocycles. The first kappa shape index (κ1) is 18.6. The van der Waals surface area contributed by atoms with Crippen molar-refractivity contribution in [2.45, 2.75) is 18.3 Å². The number of alkyl halides is 3. The van der Waals surface area contributed by atoms with Crippen LogP contribution in [0.2, 0.25) is 0 Å². The Kier molecular flexibility index (Phi) is 5.21. The fourth-order valence-corrected chi connectivity index (χ4v) is 2.91. The van der Waals surface area contributed by atoms with Crippen molar-refractivity contribution in [1.82, 2.24) is 10.2 Å². The molecule has 25 heavy (non-hydrogen) atoms. The second-order valence-electron chi connectivity index (χ2n) is 4.51. The van der Waals surface area contributed by atoms with Gasteiger partial charge in [-0.1, -0.05) is 0 Å². The molecule has 0 saturated heterocycles. The largest absolute Gasteiger partial charge is 0.573 e. The number of hydrogen-bond acceptors (Lipinski definition) is 6. The van der Waals surface area contributed by atoms with Gasteiger partial charge < -0.3 is 9.47 Å². The lowest BCUT2D eigenvalue weighted by Gasteiger charge is -2.11. The van der Waals surface area contributed by atoms with E-state index in [9.17, 15) is 26.4 Å². The molecule has 0 aliphatic heterocycles. The third-order valence-electron chi connectivity index (χ3n) is 2.71. The molecule has 2 aromatic rings. The van der Waals surface area contributed by atoms with Gasteiger partial charge in [-0.3, -0.25) is 9.82 Å². The molecule has 2 rings (SSSR count). The van der Waals surface area contributed by atoms with Crippen LogP contribution in [0.15, 0.2) is 35.5 Å². The third-order valence-corrected chi connectivity index (χ3v) is 4.06. The molecule has 8 nitrogen and oxygen atoms in total. The summed E-state index contributed by atoms with van der Waals surface area (Å²) in [4.78, 5) is 11.7. The minimum absolute atomic E-state index is 0.0393. The lowest BCUT2D eigenvalue weighted by molar-refractivity contribution is -0.274. The summed E-state index contributed by atoms with van der Waals surface area (Å²) in [6, 6.07) is 4.01. The fraction of sp³-hybridized carbons (Fsp3) is 0.231. The van der Waals surface area contributed by atoms with Crippen LogP contribution in [0.5, 0.6) is 5.75 Å². The molecule has 136 valence electrons. The van der Waals surface area contributed by atoms with Gasteiger partial charge in [0.15, 0.2) is 5.03 Å². The number of carbonyl (C=O) groups is 1. The minimum atomic E-state index is -4.86. The van der Waals surface area contributed by atoms with Crippen molar-refractivity contribution in [3.8, 4) is 5.75 Å². The molecular weight excluding hydrogens is 367 g/mol. The average Bonchev–Trinajstić information content (AvgIpc) is 2.98. The highest BCUT2D eigenvalue weighted by Gasteiger charge is 2.31. The molecule has 0 radical (unpaired) electrons. The topological polar surface area (TPSA) is 110 Å². The Hall–Kier alpha value is -2.76. The Balaban J connectivity index is 2.20. The molecule has 1 aromatic heterocycles. The molecule has 1 heterocycles. The Morgan fingerprint density at radius 2 is 1.92 bits per heavy atom. The number of anilines is 1. The number of sulfonamides is 1. The van der Waals surface area contributed by atoms with Gasteiger partial charge in [0, 0.05) is 5.69 Å². The highest BCUT2D eigenvalue weighted by atomic mass is 32.2. The molecule has 0 aliphatic rings. The summed E-state index contributed by atoms with van der Waals surface area (Å²) in [5.74, 6) is -1.39. The van der Waals surface area contributed by atoms with Crippen LogP contribution in [0.1, 0.15) is 17.3 Å². The summed E-state index contributed by atoms with van der Waals surface area (Å²) in [6.07, 6.45) is -3.86. The van der Waals surface area contributed by atoms with E-state index in [0.717, 1.165) is 30.5 Å². The van der Waals surface area contributed by atoms with Gasteiger partial charge in [-0.2, -0.15) is 13.5 Å². The first-order valence-electron chi connectivity index (χ1n) is 6.71. The molecule has 12 heteroatoms. The van der Waals surface area contributed by atoms with Crippen molar-refractivity contribution in [2.24, 2.45) is 0 Å². The number of nitrogens with zero attached hydrogens (tertiary/aromatic N) is 1. The zero-order chi connectivity index (χ0) is 18.7. The van der Waals surface area contributed by atoms with Crippen LogP contribution in [-0.4, -0.2) is 37.6 Å². The van der Waals surface area contributed by atoms with Crippen LogP contribution in [0.3, 0.4) is 0 Å². The molecule has 0 fully saturated rings. The third kappa shape index (κ3) is 4.86. The fourth-order valence-electron chi connectivity index (χ4n) is 1.76. The minimum Gasteiger partial charge on any atom is -0.462 e.